The van der Waals surface area contributed by atoms with Gasteiger partial charge in [-0.2, -0.15) is 0 Å². The lowest BCUT2D eigenvalue weighted by Gasteiger charge is -2.23. The smallest absolute Gasteiger partial charge is 0.161 e. The van der Waals surface area contributed by atoms with Crippen molar-refractivity contribution in [3.63, 3.8) is 0 Å². The lowest BCUT2D eigenvalue weighted by atomic mass is 9.91. The molecule has 2 N–H and O–H groups in total. The molecule has 1 aromatic carbocycles. The van der Waals surface area contributed by atoms with Gasteiger partial charge in [0.25, 0.3) is 0 Å². The molecule has 0 unspecified atom stereocenters. The fourth-order valence-corrected chi connectivity index (χ4v) is 2.17. The summed E-state index contributed by atoms with van der Waals surface area (Å²) in [4.78, 5) is 0. The summed E-state index contributed by atoms with van der Waals surface area (Å²) in [7, 11) is 0. The molecule has 1 heterocycles. The molecule has 0 saturated heterocycles. The number of fused-ring (bicyclic) bond motifs is 1. The first-order chi connectivity index (χ1) is 8.19. The Morgan fingerprint density at radius 1 is 1.11 bits per heavy atom. The lowest BCUT2D eigenvalue weighted by molar-refractivity contribution is 0.140. The maximum absolute atomic E-state index is 6.19. The van der Waals surface area contributed by atoms with E-state index in [2.05, 4.69) is 20.8 Å². The molecule has 0 bridgehead atoms. The second-order valence-corrected chi connectivity index (χ2v) is 6.58. The van der Waals surface area contributed by atoms with E-state index in [1.54, 1.807) is 0 Å². The van der Waals surface area contributed by atoms with E-state index in [1.807, 2.05) is 26.0 Å². The molecule has 3 nitrogen and oxygen atoms in total. The zero-order chi connectivity index (χ0) is 13.6. The van der Waals surface area contributed by atoms with Crippen LogP contribution >= 0.6 is 0 Å². The van der Waals surface area contributed by atoms with E-state index in [0.29, 0.717) is 13.2 Å². The third-order valence-corrected chi connectivity index (χ3v) is 3.22. The first-order valence-electron chi connectivity index (χ1n) is 6.39. The van der Waals surface area contributed by atoms with Crippen LogP contribution < -0.4 is 15.2 Å². The highest BCUT2D eigenvalue weighted by Crippen LogP contribution is 2.38. The van der Waals surface area contributed by atoms with Crippen LogP contribution in [0.5, 0.6) is 11.5 Å². The van der Waals surface area contributed by atoms with Crippen LogP contribution in [0.3, 0.4) is 0 Å². The molecule has 3 heteroatoms. The molecule has 0 fully saturated rings. The highest BCUT2D eigenvalue weighted by atomic mass is 16.5. The maximum atomic E-state index is 6.19. The quantitative estimate of drug-likeness (QED) is 0.832. The van der Waals surface area contributed by atoms with Gasteiger partial charge in [0.05, 0.1) is 13.2 Å². The minimum absolute atomic E-state index is 0.0331. The van der Waals surface area contributed by atoms with E-state index < -0.39 is 0 Å². The fourth-order valence-electron chi connectivity index (χ4n) is 2.17. The Morgan fingerprint density at radius 3 is 2.11 bits per heavy atom. The van der Waals surface area contributed by atoms with Gasteiger partial charge in [-0.1, -0.05) is 13.8 Å². The van der Waals surface area contributed by atoms with Crippen molar-refractivity contribution in [2.75, 3.05) is 13.2 Å². The number of benzene rings is 1. The number of rotatable bonds is 1. The van der Waals surface area contributed by atoms with Gasteiger partial charge in [-0.05, 0) is 44.0 Å². The van der Waals surface area contributed by atoms with Gasteiger partial charge in [0.15, 0.2) is 11.5 Å². The van der Waals surface area contributed by atoms with Crippen LogP contribution in [0, 0.1) is 12.3 Å². The predicted octanol–water partition coefficient (Wildman–Crippen LogP) is 2.99. The number of aryl methyl sites for hydroxylation is 1. The maximum Gasteiger partial charge on any atom is 0.161 e. The van der Waals surface area contributed by atoms with Crippen LogP contribution in [0.1, 0.15) is 38.8 Å². The van der Waals surface area contributed by atoms with Crippen molar-refractivity contribution in [1.82, 2.24) is 0 Å². The molecule has 18 heavy (non-hydrogen) atoms. The zero-order valence-electron chi connectivity index (χ0n) is 12.0. The molecule has 100 valence electrons. The predicted molar refractivity (Wildman–Crippen MR) is 73.2 cm³/mol. The Morgan fingerprint density at radius 2 is 1.61 bits per heavy atom. The van der Waals surface area contributed by atoms with Crippen molar-refractivity contribution < 1.29 is 9.47 Å². The van der Waals surface area contributed by atoms with E-state index in [9.17, 15) is 0 Å². The van der Waals surface area contributed by atoms with E-state index in [-0.39, 0.29) is 11.0 Å². The monoisotopic (exact) mass is 249 g/mol. The van der Waals surface area contributed by atoms with Crippen molar-refractivity contribution in [2.24, 2.45) is 11.1 Å². The van der Waals surface area contributed by atoms with Gasteiger partial charge < -0.3 is 15.2 Å². The van der Waals surface area contributed by atoms with Gasteiger partial charge in [0, 0.05) is 11.0 Å². The Kier molecular flexibility index (Phi) is 3.06. The van der Waals surface area contributed by atoms with Crippen LogP contribution in [-0.4, -0.2) is 13.2 Å². The summed E-state index contributed by atoms with van der Waals surface area (Å²) in [5.74, 6) is 1.63. The van der Waals surface area contributed by atoms with Crippen molar-refractivity contribution in [1.29, 1.82) is 0 Å². The first-order valence-corrected chi connectivity index (χ1v) is 6.39. The van der Waals surface area contributed by atoms with Crippen molar-refractivity contribution in [3.05, 3.63) is 23.3 Å². The molecule has 0 spiro atoms. The Balaban J connectivity index is 2.42. The second-order valence-electron chi connectivity index (χ2n) is 6.58. The summed E-state index contributed by atoms with van der Waals surface area (Å²) in [6, 6.07) is 4.05. The molecule has 0 aromatic heterocycles. The van der Waals surface area contributed by atoms with Crippen molar-refractivity contribution in [2.45, 2.75) is 40.2 Å². The van der Waals surface area contributed by atoms with E-state index in [1.165, 1.54) is 0 Å². The number of hydrogen-bond acceptors (Lipinski definition) is 3. The molecular formula is C15H23NO2. The largest absolute Gasteiger partial charge is 0.489 e. The zero-order valence-corrected chi connectivity index (χ0v) is 12.0. The molecule has 0 aliphatic carbocycles. The summed E-state index contributed by atoms with van der Waals surface area (Å²) in [6.45, 7) is 11.7. The van der Waals surface area contributed by atoms with E-state index in [0.717, 1.165) is 22.6 Å². The van der Waals surface area contributed by atoms with Gasteiger partial charge in [-0.25, -0.2) is 0 Å². The molecule has 1 aromatic rings. The van der Waals surface area contributed by atoms with Gasteiger partial charge in [0.2, 0.25) is 0 Å². The first kappa shape index (κ1) is 13.2. The summed E-state index contributed by atoms with van der Waals surface area (Å²) in [5.41, 5.74) is 8.09. The highest BCUT2D eigenvalue weighted by Gasteiger charge is 2.27. The average molecular weight is 249 g/mol. The summed E-state index contributed by atoms with van der Waals surface area (Å²) in [6.07, 6.45) is 0. The molecule has 1 aliphatic rings. The Labute approximate surface area is 109 Å². The van der Waals surface area contributed by atoms with Gasteiger partial charge in [-0.15, -0.1) is 0 Å². The van der Waals surface area contributed by atoms with E-state index in [4.69, 9.17) is 15.2 Å². The standard InChI is InChI=1S/C15H23NO2/c1-10-6-12-13(7-11(10)15(4,5)16)18-9-14(2,3)8-17-12/h6-7H,8-9,16H2,1-5H3. The topological polar surface area (TPSA) is 44.5 Å². The molecule has 0 amide bonds. The third-order valence-electron chi connectivity index (χ3n) is 3.22. The summed E-state index contributed by atoms with van der Waals surface area (Å²) < 4.78 is 11.7. The normalized spacial score (nSPS) is 18.3. The molecule has 1 aliphatic heterocycles. The molecule has 2 rings (SSSR count). The highest BCUT2D eigenvalue weighted by molar-refractivity contribution is 5.49. The van der Waals surface area contributed by atoms with Crippen molar-refractivity contribution >= 4 is 0 Å². The van der Waals surface area contributed by atoms with Crippen molar-refractivity contribution in [3.8, 4) is 11.5 Å². The van der Waals surface area contributed by atoms with Crippen LogP contribution in [0.15, 0.2) is 12.1 Å². The second kappa shape index (κ2) is 4.16. The number of ether oxygens (including phenoxy) is 2. The average Bonchev–Trinajstić information content (AvgIpc) is 2.36. The fraction of sp³-hybridized carbons (Fsp3) is 0.600. The van der Waals surface area contributed by atoms with Crippen LogP contribution in [0.4, 0.5) is 0 Å². The van der Waals surface area contributed by atoms with Crippen LogP contribution in [-0.2, 0) is 5.54 Å². The molecule has 0 atom stereocenters. The molecule has 0 radical (unpaired) electrons. The van der Waals surface area contributed by atoms with Crippen LogP contribution in [0.2, 0.25) is 0 Å². The van der Waals surface area contributed by atoms with Crippen LogP contribution in [0.25, 0.3) is 0 Å². The lowest BCUT2D eigenvalue weighted by Crippen LogP contribution is -2.29. The SMILES string of the molecule is Cc1cc2c(cc1C(C)(C)N)OCC(C)(C)CO2. The minimum Gasteiger partial charge on any atom is -0.489 e. The summed E-state index contributed by atoms with van der Waals surface area (Å²) >= 11 is 0. The van der Waals surface area contributed by atoms with E-state index >= 15 is 0 Å². The Hall–Kier alpha value is -1.22. The van der Waals surface area contributed by atoms with Gasteiger partial charge >= 0.3 is 0 Å². The number of nitrogens with two attached hydrogens (primary N) is 1. The summed E-state index contributed by atoms with van der Waals surface area (Å²) in [5, 5.41) is 0. The number of hydrogen-bond donors (Lipinski definition) is 1. The van der Waals surface area contributed by atoms with Gasteiger partial charge in [-0.3, -0.25) is 0 Å². The molecular weight excluding hydrogens is 226 g/mol. The molecule has 0 saturated carbocycles. The minimum atomic E-state index is -0.371. The van der Waals surface area contributed by atoms with Gasteiger partial charge in [0.1, 0.15) is 0 Å². The Bertz CT molecular complexity index is 458. The third kappa shape index (κ3) is 2.61.